The Morgan fingerprint density at radius 1 is 1.25 bits per heavy atom. The predicted molar refractivity (Wildman–Crippen MR) is 106 cm³/mol. The Kier molecular flexibility index (Phi) is 4.94. The smallest absolute Gasteiger partial charge is 0.271 e. The molecule has 3 aliphatic rings. The van der Waals surface area contributed by atoms with E-state index in [9.17, 15) is 4.79 Å². The van der Waals surface area contributed by atoms with Gasteiger partial charge in [-0.25, -0.2) is 4.98 Å². The summed E-state index contributed by atoms with van der Waals surface area (Å²) >= 11 is 1.62. The quantitative estimate of drug-likeness (QED) is 0.832. The van der Waals surface area contributed by atoms with E-state index in [-0.39, 0.29) is 5.91 Å². The standard InChI is InChI=1S/C19H25N7OS/c27-18(15-8-20-4-5-21-15)22-9-17-14-7-13(16-3-1-2-6-26(16)17)10-25(11-14)19-24-23-12-28-19/h4-5,8,12-14,16-17H,1-3,6-7,9-11H2,(H,22,27)/t13-,14+,16+,17+/m1/s1. The average Bonchev–Trinajstić information content (AvgIpc) is 3.29. The maximum absolute atomic E-state index is 12.5. The van der Waals surface area contributed by atoms with E-state index in [0.29, 0.717) is 36.2 Å². The number of amides is 1. The number of nitrogens with one attached hydrogen (secondary N) is 1. The zero-order chi connectivity index (χ0) is 18.9. The molecular weight excluding hydrogens is 374 g/mol. The molecule has 0 aliphatic carbocycles. The van der Waals surface area contributed by atoms with Crippen molar-refractivity contribution in [1.82, 2.24) is 30.4 Å². The van der Waals surface area contributed by atoms with Crippen molar-refractivity contribution in [3.63, 3.8) is 0 Å². The second-order valence-corrected chi connectivity index (χ2v) is 8.86. The van der Waals surface area contributed by atoms with E-state index in [1.807, 2.05) is 5.51 Å². The molecule has 5 heterocycles. The van der Waals surface area contributed by atoms with Gasteiger partial charge in [-0.3, -0.25) is 14.7 Å². The Morgan fingerprint density at radius 2 is 2.18 bits per heavy atom. The number of anilines is 1. The number of piperidine rings is 3. The molecule has 3 fully saturated rings. The van der Waals surface area contributed by atoms with Gasteiger partial charge in [0.25, 0.3) is 5.91 Å². The number of aromatic nitrogens is 4. The highest BCUT2D eigenvalue weighted by Crippen LogP contribution is 2.42. The molecule has 3 saturated heterocycles. The summed E-state index contributed by atoms with van der Waals surface area (Å²) in [4.78, 5) is 25.7. The molecule has 0 spiro atoms. The number of nitrogens with zero attached hydrogens (tertiary/aromatic N) is 6. The van der Waals surface area contributed by atoms with Crippen LogP contribution in [0.5, 0.6) is 0 Å². The third-order valence-electron chi connectivity index (χ3n) is 6.51. The molecule has 148 valence electrons. The zero-order valence-corrected chi connectivity index (χ0v) is 16.6. The fourth-order valence-electron chi connectivity index (χ4n) is 5.35. The Morgan fingerprint density at radius 3 is 3.00 bits per heavy atom. The average molecular weight is 400 g/mol. The molecule has 0 saturated carbocycles. The molecular formula is C19H25N7OS. The summed E-state index contributed by atoms with van der Waals surface area (Å²) in [6.45, 7) is 3.86. The third-order valence-corrected chi connectivity index (χ3v) is 7.26. The van der Waals surface area contributed by atoms with Gasteiger partial charge in [-0.05, 0) is 37.6 Å². The van der Waals surface area contributed by atoms with Gasteiger partial charge >= 0.3 is 0 Å². The molecule has 1 amide bonds. The number of hydrogen-bond acceptors (Lipinski definition) is 8. The van der Waals surface area contributed by atoms with Crippen molar-refractivity contribution in [2.45, 2.75) is 37.8 Å². The molecule has 0 unspecified atom stereocenters. The maximum Gasteiger partial charge on any atom is 0.271 e. The molecule has 8 nitrogen and oxygen atoms in total. The minimum Gasteiger partial charge on any atom is -0.349 e. The monoisotopic (exact) mass is 399 g/mol. The van der Waals surface area contributed by atoms with E-state index in [0.717, 1.165) is 24.8 Å². The third kappa shape index (κ3) is 3.37. The molecule has 9 heteroatoms. The Balaban J connectivity index is 1.34. The highest BCUT2D eigenvalue weighted by molar-refractivity contribution is 7.13. The lowest BCUT2D eigenvalue weighted by atomic mass is 9.72. The molecule has 0 radical (unpaired) electrons. The van der Waals surface area contributed by atoms with Gasteiger partial charge in [0.15, 0.2) is 0 Å². The second kappa shape index (κ2) is 7.71. The summed E-state index contributed by atoms with van der Waals surface area (Å²) in [6, 6.07) is 0.969. The first kappa shape index (κ1) is 17.9. The van der Waals surface area contributed by atoms with Gasteiger partial charge in [0.2, 0.25) is 5.13 Å². The zero-order valence-electron chi connectivity index (χ0n) is 15.8. The van der Waals surface area contributed by atoms with Crippen LogP contribution in [0.3, 0.4) is 0 Å². The number of carbonyl (C=O) groups excluding carboxylic acids is 1. The van der Waals surface area contributed by atoms with Gasteiger partial charge in [0.1, 0.15) is 11.2 Å². The summed E-state index contributed by atoms with van der Waals surface area (Å²) in [5.41, 5.74) is 2.19. The maximum atomic E-state index is 12.5. The van der Waals surface area contributed by atoms with Crippen LogP contribution in [0, 0.1) is 11.8 Å². The number of hydrogen-bond donors (Lipinski definition) is 1. The highest BCUT2D eigenvalue weighted by atomic mass is 32.1. The van der Waals surface area contributed by atoms with Crippen LogP contribution in [0.15, 0.2) is 24.1 Å². The topological polar surface area (TPSA) is 87.1 Å². The number of carbonyl (C=O) groups is 1. The predicted octanol–water partition coefficient (Wildman–Crippen LogP) is 1.44. The first-order chi connectivity index (χ1) is 13.8. The Labute approximate surface area is 168 Å². The van der Waals surface area contributed by atoms with Gasteiger partial charge < -0.3 is 10.2 Å². The van der Waals surface area contributed by atoms with Crippen LogP contribution < -0.4 is 10.2 Å². The summed E-state index contributed by atoms with van der Waals surface area (Å²) in [5, 5.41) is 12.5. The van der Waals surface area contributed by atoms with Gasteiger partial charge in [0, 0.05) is 44.1 Å². The highest BCUT2D eigenvalue weighted by Gasteiger charge is 2.47. The summed E-state index contributed by atoms with van der Waals surface area (Å²) in [6.07, 6.45) is 9.72. The van der Waals surface area contributed by atoms with Crippen molar-refractivity contribution in [3.05, 3.63) is 29.8 Å². The molecule has 4 atom stereocenters. The van der Waals surface area contributed by atoms with Crippen molar-refractivity contribution in [2.24, 2.45) is 11.8 Å². The second-order valence-electron chi connectivity index (χ2n) is 8.05. The molecule has 1 N–H and O–H groups in total. The van der Waals surface area contributed by atoms with Crippen LogP contribution in [-0.4, -0.2) is 69.2 Å². The largest absolute Gasteiger partial charge is 0.349 e. The normalized spacial score (nSPS) is 29.9. The van der Waals surface area contributed by atoms with Crippen molar-refractivity contribution < 1.29 is 4.79 Å². The summed E-state index contributed by atoms with van der Waals surface area (Å²) in [7, 11) is 0. The number of rotatable bonds is 4. The van der Waals surface area contributed by atoms with Crippen molar-refractivity contribution in [2.75, 3.05) is 31.1 Å². The molecule has 2 aromatic rings. The summed E-state index contributed by atoms with van der Waals surface area (Å²) < 4.78 is 0. The minimum absolute atomic E-state index is 0.138. The first-order valence-electron chi connectivity index (χ1n) is 10.1. The van der Waals surface area contributed by atoms with Crippen LogP contribution in [0.25, 0.3) is 0 Å². The van der Waals surface area contributed by atoms with Gasteiger partial charge in [-0.2, -0.15) is 0 Å². The van der Waals surface area contributed by atoms with Crippen molar-refractivity contribution >= 4 is 22.4 Å². The molecule has 2 bridgehead atoms. The molecule has 28 heavy (non-hydrogen) atoms. The molecule has 0 aromatic carbocycles. The van der Waals surface area contributed by atoms with Crippen molar-refractivity contribution in [1.29, 1.82) is 0 Å². The van der Waals surface area contributed by atoms with Crippen LogP contribution in [0.1, 0.15) is 36.2 Å². The molecule has 3 aliphatic heterocycles. The lowest BCUT2D eigenvalue weighted by Gasteiger charge is -2.56. The van der Waals surface area contributed by atoms with E-state index in [2.05, 4.69) is 35.3 Å². The summed E-state index contributed by atoms with van der Waals surface area (Å²) in [5.74, 6) is 1.06. The van der Waals surface area contributed by atoms with E-state index < -0.39 is 0 Å². The SMILES string of the molecule is O=C(NC[C@H]1[C@H]2C[C@H](CN(c3nncs3)C2)[C@@H]2CCCCN21)c1cnccn1. The van der Waals surface area contributed by atoms with E-state index in [4.69, 9.17) is 0 Å². The Bertz CT molecular complexity index is 802. The van der Waals surface area contributed by atoms with Crippen LogP contribution in [0.4, 0.5) is 5.13 Å². The fourth-order valence-corrected chi connectivity index (χ4v) is 5.93. The van der Waals surface area contributed by atoms with Gasteiger partial charge in [-0.1, -0.05) is 17.8 Å². The van der Waals surface area contributed by atoms with Crippen molar-refractivity contribution in [3.8, 4) is 0 Å². The van der Waals surface area contributed by atoms with E-state index in [1.165, 1.54) is 31.9 Å². The first-order valence-corrected chi connectivity index (χ1v) is 11.0. The van der Waals surface area contributed by atoms with Gasteiger partial charge in [-0.15, -0.1) is 10.2 Å². The minimum atomic E-state index is -0.138. The lowest BCUT2D eigenvalue weighted by molar-refractivity contribution is -0.0306. The van der Waals surface area contributed by atoms with E-state index >= 15 is 0 Å². The number of fused-ring (bicyclic) bond motifs is 4. The fraction of sp³-hybridized carbons (Fsp3) is 0.632. The molecule has 5 rings (SSSR count). The van der Waals surface area contributed by atoms with Crippen LogP contribution in [0.2, 0.25) is 0 Å². The van der Waals surface area contributed by atoms with Crippen LogP contribution in [-0.2, 0) is 0 Å². The van der Waals surface area contributed by atoms with Crippen LogP contribution >= 0.6 is 11.3 Å². The van der Waals surface area contributed by atoms with E-state index in [1.54, 1.807) is 23.7 Å². The van der Waals surface area contributed by atoms with Gasteiger partial charge in [0.05, 0.1) is 6.20 Å². The Hall–Kier alpha value is -2.13. The lowest BCUT2D eigenvalue weighted by Crippen LogP contribution is -2.65. The molecule has 2 aromatic heterocycles.